The van der Waals surface area contributed by atoms with Crippen molar-refractivity contribution in [3.63, 3.8) is 0 Å². The molecule has 1 aromatic heterocycles. The molecule has 0 bridgehead atoms. The average molecular weight is 366 g/mol. The molecule has 1 heterocycles. The molecule has 94 valence electrons. The average Bonchev–Trinajstić information content (AvgIpc) is 2.70. The predicted molar refractivity (Wildman–Crippen MR) is 76.1 cm³/mol. The first kappa shape index (κ1) is 13.7. The molecular weight excluding hydrogens is 360 g/mol. The third-order valence-corrected chi connectivity index (χ3v) is 5.25. The highest BCUT2D eigenvalue weighted by molar-refractivity contribution is 9.10. The van der Waals surface area contributed by atoms with Crippen LogP contribution in [0.4, 0.5) is 5.69 Å². The van der Waals surface area contributed by atoms with Gasteiger partial charge in [0.15, 0.2) is 9.82 Å². The Labute approximate surface area is 123 Å². The molecule has 0 saturated carbocycles. The lowest BCUT2D eigenvalue weighted by Gasteiger charge is -2.06. The monoisotopic (exact) mass is 364 g/mol. The normalized spacial score (nSPS) is 11.8. The van der Waals surface area contributed by atoms with Gasteiger partial charge >= 0.3 is 5.97 Å². The fourth-order valence-corrected chi connectivity index (χ4v) is 3.62. The van der Waals surface area contributed by atoms with Gasteiger partial charge in [-0.15, -0.1) is 0 Å². The molecular formula is C10H6BrClN2O2S2. The Balaban J connectivity index is 2.74. The minimum atomic E-state index is -1.02. The molecule has 0 radical (unpaired) electrons. The van der Waals surface area contributed by atoms with Gasteiger partial charge in [-0.05, 0) is 35.0 Å². The Kier molecular flexibility index (Phi) is 4.16. The third-order valence-electron chi connectivity index (χ3n) is 2.22. The molecule has 1 aromatic carbocycles. The summed E-state index contributed by atoms with van der Waals surface area (Å²) in [5.41, 5.74) is 1.30. The molecule has 0 aliphatic carbocycles. The lowest BCUT2D eigenvalue weighted by molar-refractivity contribution is 0.0697. The summed E-state index contributed by atoms with van der Waals surface area (Å²) in [4.78, 5) is 15.5. The van der Waals surface area contributed by atoms with E-state index in [1.54, 1.807) is 13.0 Å². The molecule has 0 atom stereocenters. The summed E-state index contributed by atoms with van der Waals surface area (Å²) < 4.78 is 5.23. The Hall–Kier alpha value is -0.760. The first-order chi connectivity index (χ1) is 8.50. The molecule has 0 fully saturated rings. The van der Waals surface area contributed by atoms with Gasteiger partial charge in [-0.1, -0.05) is 27.5 Å². The SMILES string of the molecule is Cc1c(Br)ccc(C(=O)O)c1N=c1ssnc1Cl. The van der Waals surface area contributed by atoms with Crippen molar-refractivity contribution < 1.29 is 9.90 Å². The summed E-state index contributed by atoms with van der Waals surface area (Å²) in [6, 6.07) is 3.20. The van der Waals surface area contributed by atoms with Crippen LogP contribution in [0.2, 0.25) is 5.15 Å². The van der Waals surface area contributed by atoms with Gasteiger partial charge in [0.25, 0.3) is 0 Å². The van der Waals surface area contributed by atoms with E-state index in [0.717, 1.165) is 10.0 Å². The number of carboxylic acids is 1. The number of halogens is 2. The molecule has 2 aromatic rings. The van der Waals surface area contributed by atoms with Gasteiger partial charge in [-0.25, -0.2) is 9.79 Å². The minimum absolute atomic E-state index is 0.144. The molecule has 0 unspecified atom stereocenters. The Morgan fingerprint density at radius 1 is 1.56 bits per heavy atom. The standard InChI is InChI=1S/C10H6BrClN2O2S2/c1-4-6(11)3-2-5(10(15)16)7(4)13-9-8(12)14-18-17-9/h2-3H,1H3,(H,15,16). The number of carboxylic acid groups (broad SMARTS) is 1. The van der Waals surface area contributed by atoms with E-state index in [2.05, 4.69) is 25.3 Å². The fraction of sp³-hybridized carbons (Fsp3) is 0.100. The number of hydrogen-bond donors (Lipinski definition) is 1. The van der Waals surface area contributed by atoms with Crippen molar-refractivity contribution in [3.05, 3.63) is 37.6 Å². The van der Waals surface area contributed by atoms with Crippen molar-refractivity contribution >= 4 is 60.1 Å². The van der Waals surface area contributed by atoms with Crippen LogP contribution in [-0.4, -0.2) is 15.4 Å². The maximum atomic E-state index is 11.2. The predicted octanol–water partition coefficient (Wildman–Crippen LogP) is 3.86. The van der Waals surface area contributed by atoms with Gasteiger partial charge < -0.3 is 5.11 Å². The largest absolute Gasteiger partial charge is 0.478 e. The van der Waals surface area contributed by atoms with Gasteiger partial charge in [0.2, 0.25) is 0 Å². The van der Waals surface area contributed by atoms with Crippen LogP contribution in [0.15, 0.2) is 21.6 Å². The minimum Gasteiger partial charge on any atom is -0.478 e. The first-order valence-corrected chi connectivity index (χ1v) is 7.97. The topological polar surface area (TPSA) is 62.5 Å². The molecule has 0 aliphatic rings. The van der Waals surface area contributed by atoms with Crippen LogP contribution >= 0.6 is 48.4 Å². The number of carbonyl (C=O) groups is 1. The van der Waals surface area contributed by atoms with Crippen molar-refractivity contribution in [2.45, 2.75) is 6.92 Å². The van der Waals surface area contributed by atoms with Gasteiger partial charge in [-0.2, -0.15) is 4.37 Å². The van der Waals surface area contributed by atoms with Gasteiger partial charge in [0, 0.05) is 15.0 Å². The number of rotatable bonds is 2. The molecule has 8 heteroatoms. The quantitative estimate of drug-likeness (QED) is 0.822. The number of benzene rings is 1. The van der Waals surface area contributed by atoms with Crippen LogP contribution in [0.3, 0.4) is 0 Å². The second kappa shape index (κ2) is 5.48. The highest BCUT2D eigenvalue weighted by atomic mass is 79.9. The maximum absolute atomic E-state index is 11.2. The number of aromatic carboxylic acids is 1. The Bertz CT molecular complexity index is 681. The van der Waals surface area contributed by atoms with E-state index in [4.69, 9.17) is 16.7 Å². The van der Waals surface area contributed by atoms with Crippen molar-refractivity contribution in [1.29, 1.82) is 0 Å². The maximum Gasteiger partial charge on any atom is 0.337 e. The molecule has 0 saturated heterocycles. The fourth-order valence-electron chi connectivity index (χ4n) is 1.32. The third kappa shape index (κ3) is 2.64. The van der Waals surface area contributed by atoms with E-state index in [9.17, 15) is 4.79 Å². The van der Waals surface area contributed by atoms with Crippen molar-refractivity contribution in [2.24, 2.45) is 4.99 Å². The van der Waals surface area contributed by atoms with Gasteiger partial charge in [-0.3, -0.25) is 0 Å². The summed E-state index contributed by atoms with van der Waals surface area (Å²) in [6.07, 6.45) is 0. The molecule has 2 rings (SSSR count). The number of nitrogens with zero attached hydrogens (tertiary/aromatic N) is 2. The highest BCUT2D eigenvalue weighted by Crippen LogP contribution is 2.30. The Morgan fingerprint density at radius 3 is 2.83 bits per heavy atom. The van der Waals surface area contributed by atoms with Gasteiger partial charge in [0.05, 0.1) is 11.3 Å². The van der Waals surface area contributed by atoms with E-state index in [1.807, 2.05) is 0 Å². The highest BCUT2D eigenvalue weighted by Gasteiger charge is 2.14. The van der Waals surface area contributed by atoms with E-state index in [-0.39, 0.29) is 5.56 Å². The summed E-state index contributed by atoms with van der Waals surface area (Å²) in [6.45, 7) is 1.80. The van der Waals surface area contributed by atoms with E-state index < -0.39 is 5.97 Å². The molecule has 18 heavy (non-hydrogen) atoms. The Morgan fingerprint density at radius 2 is 2.28 bits per heavy atom. The summed E-state index contributed by atoms with van der Waals surface area (Å²) in [5, 5.41) is 9.45. The van der Waals surface area contributed by atoms with E-state index in [0.29, 0.717) is 15.5 Å². The van der Waals surface area contributed by atoms with Crippen LogP contribution in [0.25, 0.3) is 0 Å². The van der Waals surface area contributed by atoms with Crippen LogP contribution in [0.1, 0.15) is 15.9 Å². The van der Waals surface area contributed by atoms with Crippen LogP contribution in [0.5, 0.6) is 0 Å². The van der Waals surface area contributed by atoms with Crippen LogP contribution < -0.4 is 4.67 Å². The summed E-state index contributed by atoms with van der Waals surface area (Å²) in [5.74, 6) is -1.02. The van der Waals surface area contributed by atoms with Crippen molar-refractivity contribution in [3.8, 4) is 0 Å². The number of hydrogen-bond acceptors (Lipinski definition) is 5. The first-order valence-electron chi connectivity index (χ1n) is 4.69. The van der Waals surface area contributed by atoms with Crippen molar-refractivity contribution in [2.75, 3.05) is 0 Å². The summed E-state index contributed by atoms with van der Waals surface area (Å²) >= 11 is 9.23. The molecule has 0 spiro atoms. The second-order valence-electron chi connectivity index (χ2n) is 3.33. The smallest absolute Gasteiger partial charge is 0.337 e. The van der Waals surface area contributed by atoms with Gasteiger partial charge in [0.1, 0.15) is 0 Å². The summed E-state index contributed by atoms with van der Waals surface area (Å²) in [7, 11) is 2.52. The zero-order valence-corrected chi connectivity index (χ0v) is 13.0. The zero-order valence-electron chi connectivity index (χ0n) is 8.98. The van der Waals surface area contributed by atoms with E-state index in [1.165, 1.54) is 26.9 Å². The zero-order chi connectivity index (χ0) is 13.3. The van der Waals surface area contributed by atoms with E-state index >= 15 is 0 Å². The molecule has 1 N–H and O–H groups in total. The second-order valence-corrected chi connectivity index (χ2v) is 6.38. The number of aromatic nitrogens is 1. The molecule has 0 amide bonds. The lowest BCUT2D eigenvalue weighted by Crippen LogP contribution is -2.01. The van der Waals surface area contributed by atoms with Crippen LogP contribution in [0, 0.1) is 6.92 Å². The lowest BCUT2D eigenvalue weighted by atomic mass is 10.1. The molecule has 4 nitrogen and oxygen atoms in total. The van der Waals surface area contributed by atoms with Crippen LogP contribution in [-0.2, 0) is 0 Å². The van der Waals surface area contributed by atoms with Crippen molar-refractivity contribution in [1.82, 2.24) is 4.37 Å². The molecule has 0 aliphatic heterocycles.